The van der Waals surface area contributed by atoms with Crippen LogP contribution in [0, 0.1) is 6.92 Å². The van der Waals surface area contributed by atoms with Gasteiger partial charge in [-0.05, 0) is 58.3 Å². The molecule has 0 radical (unpaired) electrons. The van der Waals surface area contributed by atoms with Gasteiger partial charge in [0.05, 0.1) is 5.56 Å². The van der Waals surface area contributed by atoms with E-state index in [1.165, 1.54) is 12.1 Å². The first-order valence-electron chi connectivity index (χ1n) is 7.92. The molecule has 0 bridgehead atoms. The summed E-state index contributed by atoms with van der Waals surface area (Å²) in [7, 11) is 4.02. The summed E-state index contributed by atoms with van der Waals surface area (Å²) in [6.07, 6.45) is -3.39. The SMILES string of the molecule is Cc1cc(Nc2ccc(C(F)(F)F)cc2)nc(NCCCN(C)C)n1. The molecule has 1 heterocycles. The van der Waals surface area contributed by atoms with Crippen LogP contribution in [0.2, 0.25) is 0 Å². The molecule has 5 nitrogen and oxygen atoms in total. The molecule has 0 saturated carbocycles. The highest BCUT2D eigenvalue weighted by Gasteiger charge is 2.29. The summed E-state index contributed by atoms with van der Waals surface area (Å²) in [5.74, 6) is 1.02. The van der Waals surface area contributed by atoms with E-state index in [-0.39, 0.29) is 0 Å². The van der Waals surface area contributed by atoms with Crippen molar-refractivity contribution in [1.82, 2.24) is 14.9 Å². The number of alkyl halides is 3. The highest BCUT2D eigenvalue weighted by atomic mass is 19.4. The number of nitrogens with zero attached hydrogens (tertiary/aromatic N) is 3. The molecule has 0 amide bonds. The monoisotopic (exact) mass is 353 g/mol. The molecule has 1 aromatic heterocycles. The second kappa shape index (κ2) is 8.15. The Balaban J connectivity index is 2.02. The van der Waals surface area contributed by atoms with Gasteiger partial charge in [0.25, 0.3) is 0 Å². The summed E-state index contributed by atoms with van der Waals surface area (Å²) in [4.78, 5) is 10.8. The number of benzene rings is 1. The minimum atomic E-state index is -4.34. The number of hydrogen-bond acceptors (Lipinski definition) is 5. The van der Waals surface area contributed by atoms with Crippen molar-refractivity contribution in [2.75, 3.05) is 37.8 Å². The summed E-state index contributed by atoms with van der Waals surface area (Å²) in [6, 6.07) is 6.57. The third kappa shape index (κ3) is 6.22. The van der Waals surface area contributed by atoms with Crippen LogP contribution >= 0.6 is 0 Å². The Morgan fingerprint density at radius 2 is 1.76 bits per heavy atom. The first-order valence-corrected chi connectivity index (χ1v) is 7.92. The van der Waals surface area contributed by atoms with Gasteiger partial charge in [0, 0.05) is 24.0 Å². The van der Waals surface area contributed by atoms with Crippen molar-refractivity contribution in [3.8, 4) is 0 Å². The van der Waals surface area contributed by atoms with E-state index in [4.69, 9.17) is 0 Å². The van der Waals surface area contributed by atoms with Crippen LogP contribution in [0.5, 0.6) is 0 Å². The fraction of sp³-hybridized carbons (Fsp3) is 0.412. The number of nitrogens with one attached hydrogen (secondary N) is 2. The highest BCUT2D eigenvalue weighted by molar-refractivity contribution is 5.58. The summed E-state index contributed by atoms with van der Waals surface area (Å²) >= 11 is 0. The summed E-state index contributed by atoms with van der Waals surface area (Å²) in [6.45, 7) is 3.53. The van der Waals surface area contributed by atoms with Gasteiger partial charge in [-0.3, -0.25) is 0 Å². The van der Waals surface area contributed by atoms with E-state index in [2.05, 4.69) is 25.5 Å². The van der Waals surface area contributed by atoms with Gasteiger partial charge in [0.15, 0.2) is 0 Å². The van der Waals surface area contributed by atoms with Crippen LogP contribution in [0.1, 0.15) is 17.7 Å². The van der Waals surface area contributed by atoms with Crippen LogP contribution < -0.4 is 10.6 Å². The van der Waals surface area contributed by atoms with Crippen LogP contribution in [-0.4, -0.2) is 42.1 Å². The average molecular weight is 353 g/mol. The van der Waals surface area contributed by atoms with Crippen LogP contribution in [-0.2, 0) is 6.18 Å². The van der Waals surface area contributed by atoms with Gasteiger partial charge >= 0.3 is 6.18 Å². The number of rotatable bonds is 7. The van der Waals surface area contributed by atoms with Crippen LogP contribution in [0.3, 0.4) is 0 Å². The molecule has 0 unspecified atom stereocenters. The zero-order valence-electron chi connectivity index (χ0n) is 14.5. The van der Waals surface area contributed by atoms with Crippen LogP contribution in [0.15, 0.2) is 30.3 Å². The molecule has 0 fully saturated rings. The van der Waals surface area contributed by atoms with Gasteiger partial charge < -0.3 is 15.5 Å². The van der Waals surface area contributed by atoms with Gasteiger partial charge in [-0.1, -0.05) is 0 Å². The van der Waals surface area contributed by atoms with E-state index in [0.29, 0.717) is 17.5 Å². The van der Waals surface area contributed by atoms with Crippen molar-refractivity contribution >= 4 is 17.5 Å². The van der Waals surface area contributed by atoms with Gasteiger partial charge in [0.1, 0.15) is 5.82 Å². The topological polar surface area (TPSA) is 53.1 Å². The minimum absolute atomic E-state index is 0.494. The van der Waals surface area contributed by atoms with Crippen molar-refractivity contribution in [3.05, 3.63) is 41.6 Å². The lowest BCUT2D eigenvalue weighted by Crippen LogP contribution is -2.17. The van der Waals surface area contributed by atoms with Crippen molar-refractivity contribution < 1.29 is 13.2 Å². The number of anilines is 3. The van der Waals surface area contributed by atoms with E-state index in [1.54, 1.807) is 6.07 Å². The smallest absolute Gasteiger partial charge is 0.354 e. The highest BCUT2D eigenvalue weighted by Crippen LogP contribution is 2.30. The molecule has 0 saturated heterocycles. The lowest BCUT2D eigenvalue weighted by Gasteiger charge is -2.12. The summed E-state index contributed by atoms with van der Waals surface area (Å²) in [5.41, 5.74) is 0.615. The maximum atomic E-state index is 12.6. The second-order valence-electron chi connectivity index (χ2n) is 6.00. The Bertz CT molecular complexity index is 684. The third-order valence-corrected chi connectivity index (χ3v) is 3.40. The van der Waals surface area contributed by atoms with Crippen LogP contribution in [0.25, 0.3) is 0 Å². The standard InChI is InChI=1S/C17H22F3N5/c1-12-11-15(24-16(22-12)21-9-4-10-25(2)3)23-14-7-5-13(6-8-14)17(18,19)20/h5-8,11H,4,9-10H2,1-3H3,(H2,21,22,23,24). The van der Waals surface area contributed by atoms with E-state index < -0.39 is 11.7 Å². The molecule has 8 heteroatoms. The molecule has 2 aromatic rings. The first-order chi connectivity index (χ1) is 11.7. The molecule has 2 rings (SSSR count). The Hall–Kier alpha value is -2.35. The molecule has 0 aliphatic rings. The lowest BCUT2D eigenvalue weighted by molar-refractivity contribution is -0.137. The van der Waals surface area contributed by atoms with E-state index in [9.17, 15) is 13.2 Å². The largest absolute Gasteiger partial charge is 0.416 e. The van der Waals surface area contributed by atoms with E-state index in [1.807, 2.05) is 21.0 Å². The van der Waals surface area contributed by atoms with E-state index >= 15 is 0 Å². The average Bonchev–Trinajstić information content (AvgIpc) is 2.50. The summed E-state index contributed by atoms with van der Waals surface area (Å²) < 4.78 is 37.8. The molecule has 136 valence electrons. The van der Waals surface area contributed by atoms with Crippen molar-refractivity contribution in [3.63, 3.8) is 0 Å². The van der Waals surface area contributed by atoms with Gasteiger partial charge in [-0.25, -0.2) is 4.98 Å². The molecule has 0 aliphatic carbocycles. The van der Waals surface area contributed by atoms with Crippen LogP contribution in [0.4, 0.5) is 30.6 Å². The predicted octanol–water partition coefficient (Wildman–Crippen LogP) is 3.91. The van der Waals surface area contributed by atoms with Crippen molar-refractivity contribution in [2.24, 2.45) is 0 Å². The Kier molecular flexibility index (Phi) is 6.19. The molecule has 25 heavy (non-hydrogen) atoms. The molecule has 1 aromatic carbocycles. The molecule has 0 aliphatic heterocycles. The Morgan fingerprint density at radius 3 is 2.36 bits per heavy atom. The van der Waals surface area contributed by atoms with E-state index in [0.717, 1.165) is 37.3 Å². The number of aromatic nitrogens is 2. The zero-order valence-corrected chi connectivity index (χ0v) is 14.5. The number of hydrogen-bond donors (Lipinski definition) is 2. The fourth-order valence-corrected chi connectivity index (χ4v) is 2.20. The maximum absolute atomic E-state index is 12.6. The van der Waals surface area contributed by atoms with Crippen molar-refractivity contribution in [1.29, 1.82) is 0 Å². The van der Waals surface area contributed by atoms with Gasteiger partial charge in [-0.15, -0.1) is 0 Å². The quantitative estimate of drug-likeness (QED) is 0.739. The first kappa shape index (κ1) is 19.0. The molecule has 2 N–H and O–H groups in total. The molecular weight excluding hydrogens is 331 g/mol. The zero-order chi connectivity index (χ0) is 18.4. The number of halogens is 3. The maximum Gasteiger partial charge on any atom is 0.416 e. The third-order valence-electron chi connectivity index (χ3n) is 3.40. The predicted molar refractivity (Wildman–Crippen MR) is 93.2 cm³/mol. The molecule has 0 atom stereocenters. The van der Waals surface area contributed by atoms with Gasteiger partial charge in [0.2, 0.25) is 5.95 Å². The number of aryl methyl sites for hydroxylation is 1. The Labute approximate surface area is 145 Å². The normalized spacial score (nSPS) is 11.6. The van der Waals surface area contributed by atoms with Crippen molar-refractivity contribution in [2.45, 2.75) is 19.5 Å². The second-order valence-corrected chi connectivity index (χ2v) is 6.00. The fourth-order valence-electron chi connectivity index (χ4n) is 2.20. The summed E-state index contributed by atoms with van der Waals surface area (Å²) in [5, 5.41) is 6.16. The lowest BCUT2D eigenvalue weighted by atomic mass is 10.2. The molecule has 0 spiro atoms. The minimum Gasteiger partial charge on any atom is -0.354 e. The Morgan fingerprint density at radius 1 is 1.08 bits per heavy atom. The van der Waals surface area contributed by atoms with Gasteiger partial charge in [-0.2, -0.15) is 18.2 Å². The molecular formula is C17H22F3N5.